The second-order valence-electron chi connectivity index (χ2n) is 4.45. The molecule has 0 aliphatic rings. The Balaban J connectivity index is 3.01. The third-order valence-electron chi connectivity index (χ3n) is 3.11. The highest BCUT2D eigenvalue weighted by Gasteiger charge is 2.28. The molecule has 0 heterocycles. The lowest BCUT2D eigenvalue weighted by Gasteiger charge is -2.20. The molecule has 0 saturated carbocycles. The van der Waals surface area contributed by atoms with Gasteiger partial charge >= 0.3 is 5.97 Å². The summed E-state index contributed by atoms with van der Waals surface area (Å²) >= 11 is 0. The van der Waals surface area contributed by atoms with Crippen LogP contribution in [0.5, 0.6) is 0 Å². The summed E-state index contributed by atoms with van der Waals surface area (Å²) in [5.41, 5.74) is -0.495. The number of nitro benzene ring substituents is 1. The Bertz CT molecular complexity index is 529. The van der Waals surface area contributed by atoms with Crippen molar-refractivity contribution in [2.75, 3.05) is 0 Å². The van der Waals surface area contributed by atoms with Gasteiger partial charge in [-0.25, -0.2) is 4.79 Å². The van der Waals surface area contributed by atoms with E-state index >= 15 is 0 Å². The van der Waals surface area contributed by atoms with E-state index in [-0.39, 0.29) is 17.2 Å². The number of nitrogens with zero attached hydrogens (tertiary/aromatic N) is 1. The fourth-order valence-corrected chi connectivity index (χ4v) is 1.73. The van der Waals surface area contributed by atoms with E-state index in [0.717, 1.165) is 0 Å². The van der Waals surface area contributed by atoms with Crippen molar-refractivity contribution in [2.24, 2.45) is 5.92 Å². The Kier molecular flexibility index (Phi) is 5.19. The molecule has 108 valence electrons. The van der Waals surface area contributed by atoms with Gasteiger partial charge < -0.3 is 10.4 Å². The summed E-state index contributed by atoms with van der Waals surface area (Å²) in [5, 5.41) is 22.3. The standard InChI is InChI=1S/C13H16N2O5/c1-3-8(2)11(13(17)18)14-12(16)9-6-4-5-7-10(9)15(19)20/h4-8,11H,3H2,1-2H3,(H,14,16)(H,17,18)/t8-,11-/m0/s1. The molecular weight excluding hydrogens is 264 g/mol. The Hall–Kier alpha value is -2.44. The van der Waals surface area contributed by atoms with E-state index in [4.69, 9.17) is 5.11 Å². The maximum atomic E-state index is 12.0. The van der Waals surface area contributed by atoms with Crippen LogP contribution in [0, 0.1) is 16.0 Å². The highest BCUT2D eigenvalue weighted by atomic mass is 16.6. The van der Waals surface area contributed by atoms with Crippen LogP contribution in [0.25, 0.3) is 0 Å². The van der Waals surface area contributed by atoms with E-state index in [9.17, 15) is 19.7 Å². The number of amides is 1. The molecule has 0 aliphatic heterocycles. The Morgan fingerprint density at radius 2 is 2.00 bits per heavy atom. The number of para-hydroxylation sites is 1. The zero-order valence-electron chi connectivity index (χ0n) is 11.2. The van der Waals surface area contributed by atoms with E-state index in [1.54, 1.807) is 13.8 Å². The Morgan fingerprint density at radius 3 is 2.50 bits per heavy atom. The molecule has 1 rings (SSSR count). The molecule has 0 aromatic heterocycles. The largest absolute Gasteiger partial charge is 0.480 e. The van der Waals surface area contributed by atoms with Crippen LogP contribution in [0.15, 0.2) is 24.3 Å². The van der Waals surface area contributed by atoms with Crippen molar-refractivity contribution < 1.29 is 19.6 Å². The molecule has 0 bridgehead atoms. The zero-order chi connectivity index (χ0) is 15.3. The predicted octanol–water partition coefficient (Wildman–Crippen LogP) is 1.82. The van der Waals surface area contributed by atoms with Crippen molar-refractivity contribution in [3.63, 3.8) is 0 Å². The van der Waals surface area contributed by atoms with Gasteiger partial charge in [0.05, 0.1) is 4.92 Å². The summed E-state index contributed by atoms with van der Waals surface area (Å²) in [6, 6.07) is 4.35. The van der Waals surface area contributed by atoms with Crippen LogP contribution in [-0.2, 0) is 4.79 Å². The molecule has 0 fully saturated rings. The van der Waals surface area contributed by atoms with Gasteiger partial charge in [0.1, 0.15) is 11.6 Å². The molecule has 20 heavy (non-hydrogen) atoms. The van der Waals surface area contributed by atoms with E-state index in [1.807, 2.05) is 0 Å². The summed E-state index contributed by atoms with van der Waals surface area (Å²) in [6.07, 6.45) is 0.564. The molecule has 2 atom stereocenters. The number of carbonyl (C=O) groups excluding carboxylic acids is 1. The van der Waals surface area contributed by atoms with Gasteiger partial charge in [-0.05, 0) is 12.0 Å². The van der Waals surface area contributed by atoms with Crippen molar-refractivity contribution >= 4 is 17.6 Å². The number of carboxylic acids is 1. The minimum atomic E-state index is -1.16. The van der Waals surface area contributed by atoms with E-state index < -0.39 is 22.8 Å². The highest BCUT2D eigenvalue weighted by molar-refractivity contribution is 6.00. The third-order valence-corrected chi connectivity index (χ3v) is 3.11. The maximum absolute atomic E-state index is 12.0. The van der Waals surface area contributed by atoms with Gasteiger partial charge in [-0.1, -0.05) is 32.4 Å². The average molecular weight is 280 g/mol. The zero-order valence-corrected chi connectivity index (χ0v) is 11.2. The summed E-state index contributed by atoms with van der Waals surface area (Å²) in [5.74, 6) is -2.20. The van der Waals surface area contributed by atoms with Gasteiger partial charge in [-0.2, -0.15) is 0 Å². The SMILES string of the molecule is CC[C@H](C)[C@H](NC(=O)c1ccccc1[N+](=O)[O-])C(=O)O. The number of aliphatic carboxylic acids is 1. The molecule has 0 saturated heterocycles. The first kappa shape index (κ1) is 15.6. The molecule has 7 heteroatoms. The van der Waals surface area contributed by atoms with Crippen LogP contribution in [-0.4, -0.2) is 27.9 Å². The molecular formula is C13H16N2O5. The van der Waals surface area contributed by atoms with Crippen molar-refractivity contribution in [2.45, 2.75) is 26.3 Å². The molecule has 0 unspecified atom stereocenters. The average Bonchev–Trinajstić information content (AvgIpc) is 2.43. The van der Waals surface area contributed by atoms with Crippen LogP contribution in [0.1, 0.15) is 30.6 Å². The van der Waals surface area contributed by atoms with Crippen molar-refractivity contribution in [1.29, 1.82) is 0 Å². The number of benzene rings is 1. The number of carboxylic acid groups (broad SMARTS) is 1. The first-order chi connectivity index (χ1) is 9.38. The molecule has 0 spiro atoms. The van der Waals surface area contributed by atoms with Crippen molar-refractivity contribution in [1.82, 2.24) is 5.32 Å². The van der Waals surface area contributed by atoms with Crippen LogP contribution in [0.3, 0.4) is 0 Å². The number of hydrogen-bond donors (Lipinski definition) is 2. The molecule has 0 aliphatic carbocycles. The van der Waals surface area contributed by atoms with Crippen LogP contribution >= 0.6 is 0 Å². The quantitative estimate of drug-likeness (QED) is 0.610. The predicted molar refractivity (Wildman–Crippen MR) is 71.4 cm³/mol. The van der Waals surface area contributed by atoms with E-state index in [1.165, 1.54) is 24.3 Å². The summed E-state index contributed by atoms with van der Waals surface area (Å²) < 4.78 is 0. The minimum Gasteiger partial charge on any atom is -0.480 e. The number of nitro groups is 1. The normalized spacial score (nSPS) is 13.3. The summed E-state index contributed by atoms with van der Waals surface area (Å²) in [7, 11) is 0. The number of nitrogens with one attached hydrogen (secondary N) is 1. The van der Waals surface area contributed by atoms with Gasteiger partial charge in [-0.15, -0.1) is 0 Å². The van der Waals surface area contributed by atoms with Gasteiger partial charge in [0.25, 0.3) is 11.6 Å². The summed E-state index contributed by atoms with van der Waals surface area (Å²) in [4.78, 5) is 33.3. The first-order valence-corrected chi connectivity index (χ1v) is 6.15. The van der Waals surface area contributed by atoms with Gasteiger partial charge in [-0.3, -0.25) is 14.9 Å². The second kappa shape index (κ2) is 6.65. The van der Waals surface area contributed by atoms with Crippen LogP contribution in [0.2, 0.25) is 0 Å². The minimum absolute atomic E-state index is 0.146. The number of carbonyl (C=O) groups is 2. The van der Waals surface area contributed by atoms with E-state index in [0.29, 0.717) is 6.42 Å². The number of hydrogen-bond acceptors (Lipinski definition) is 4. The number of rotatable bonds is 6. The fraction of sp³-hybridized carbons (Fsp3) is 0.385. The topological polar surface area (TPSA) is 110 Å². The smallest absolute Gasteiger partial charge is 0.326 e. The summed E-state index contributed by atoms with van der Waals surface area (Å²) in [6.45, 7) is 3.50. The highest BCUT2D eigenvalue weighted by Crippen LogP contribution is 2.18. The van der Waals surface area contributed by atoms with Gasteiger partial charge in [0.15, 0.2) is 0 Å². The lowest BCUT2D eigenvalue weighted by Crippen LogP contribution is -2.45. The van der Waals surface area contributed by atoms with Crippen LogP contribution in [0.4, 0.5) is 5.69 Å². The monoisotopic (exact) mass is 280 g/mol. The third kappa shape index (κ3) is 3.53. The lowest BCUT2D eigenvalue weighted by molar-refractivity contribution is -0.385. The van der Waals surface area contributed by atoms with E-state index in [2.05, 4.69) is 5.32 Å². The van der Waals surface area contributed by atoms with Gasteiger partial charge in [0.2, 0.25) is 0 Å². The lowest BCUT2D eigenvalue weighted by atomic mass is 9.99. The second-order valence-corrected chi connectivity index (χ2v) is 4.45. The Labute approximate surface area is 115 Å². The van der Waals surface area contributed by atoms with Crippen molar-refractivity contribution in [3.8, 4) is 0 Å². The van der Waals surface area contributed by atoms with Gasteiger partial charge in [0, 0.05) is 6.07 Å². The van der Waals surface area contributed by atoms with Crippen LogP contribution < -0.4 is 5.32 Å². The first-order valence-electron chi connectivity index (χ1n) is 6.15. The molecule has 2 N–H and O–H groups in total. The molecule has 0 radical (unpaired) electrons. The molecule has 1 aromatic carbocycles. The van der Waals surface area contributed by atoms with Crippen molar-refractivity contribution in [3.05, 3.63) is 39.9 Å². The maximum Gasteiger partial charge on any atom is 0.326 e. The molecule has 1 amide bonds. The fourth-order valence-electron chi connectivity index (χ4n) is 1.73. The molecule has 7 nitrogen and oxygen atoms in total. The Morgan fingerprint density at radius 1 is 1.40 bits per heavy atom. The molecule has 1 aromatic rings.